The number of amides is 1. The fourth-order valence-corrected chi connectivity index (χ4v) is 3.43. The number of nitrogens with one attached hydrogen (secondary N) is 2. The number of benzene rings is 2. The Morgan fingerprint density at radius 3 is 2.44 bits per heavy atom. The minimum absolute atomic E-state index is 0.141. The molecule has 1 unspecified atom stereocenters. The maximum atomic E-state index is 12.3. The highest BCUT2D eigenvalue weighted by atomic mass is 32.2. The van der Waals surface area contributed by atoms with Crippen molar-refractivity contribution in [1.82, 2.24) is 4.72 Å². The van der Waals surface area contributed by atoms with Crippen molar-refractivity contribution in [3.8, 4) is 5.75 Å². The first-order valence-corrected chi connectivity index (χ1v) is 9.42. The van der Waals surface area contributed by atoms with E-state index >= 15 is 0 Å². The fraction of sp³-hybridized carbons (Fsp3) is 0.278. The number of anilines is 1. The minimum Gasteiger partial charge on any atom is -0.497 e. The molecule has 0 aliphatic carbocycles. The molecule has 0 heterocycles. The van der Waals surface area contributed by atoms with Gasteiger partial charge in [-0.15, -0.1) is 0 Å². The molecule has 25 heavy (non-hydrogen) atoms. The van der Waals surface area contributed by atoms with Gasteiger partial charge in [-0.05, 0) is 55.8 Å². The maximum absolute atomic E-state index is 12.3. The van der Waals surface area contributed by atoms with Gasteiger partial charge in [0.1, 0.15) is 5.75 Å². The van der Waals surface area contributed by atoms with E-state index < -0.39 is 10.0 Å². The number of methoxy groups -OCH3 is 1. The fourth-order valence-electron chi connectivity index (χ4n) is 2.10. The lowest BCUT2D eigenvalue weighted by atomic mass is 10.2. The molecule has 1 atom stereocenters. The zero-order valence-corrected chi connectivity index (χ0v) is 15.3. The van der Waals surface area contributed by atoms with Gasteiger partial charge in [-0.1, -0.05) is 13.0 Å². The Labute approximate surface area is 148 Å². The van der Waals surface area contributed by atoms with Gasteiger partial charge in [0.2, 0.25) is 10.0 Å². The average molecular weight is 362 g/mol. The van der Waals surface area contributed by atoms with Crippen LogP contribution in [0, 0.1) is 0 Å². The second-order valence-electron chi connectivity index (χ2n) is 5.64. The molecule has 2 N–H and O–H groups in total. The SMILES string of the molecule is CCC(C)NS(=O)(=O)c1ccc(NC(=O)c2cccc(OC)c2)cc1. The van der Waals surface area contributed by atoms with E-state index in [1.165, 1.54) is 19.2 Å². The van der Waals surface area contributed by atoms with Crippen LogP contribution < -0.4 is 14.8 Å². The van der Waals surface area contributed by atoms with E-state index in [0.29, 0.717) is 23.4 Å². The maximum Gasteiger partial charge on any atom is 0.255 e. The van der Waals surface area contributed by atoms with Crippen LogP contribution in [0.25, 0.3) is 0 Å². The van der Waals surface area contributed by atoms with Crippen molar-refractivity contribution in [2.45, 2.75) is 31.2 Å². The molecule has 0 fully saturated rings. The number of rotatable bonds is 7. The summed E-state index contributed by atoms with van der Waals surface area (Å²) >= 11 is 0. The smallest absolute Gasteiger partial charge is 0.255 e. The predicted octanol–water partition coefficient (Wildman–Crippen LogP) is 3.02. The van der Waals surface area contributed by atoms with Gasteiger partial charge in [0, 0.05) is 17.3 Å². The molecular weight excluding hydrogens is 340 g/mol. The van der Waals surface area contributed by atoms with Crippen molar-refractivity contribution in [1.29, 1.82) is 0 Å². The van der Waals surface area contributed by atoms with E-state index in [1.54, 1.807) is 43.3 Å². The summed E-state index contributed by atoms with van der Waals surface area (Å²) in [6.45, 7) is 3.71. The lowest BCUT2D eigenvalue weighted by molar-refractivity contribution is 0.102. The molecule has 0 aromatic heterocycles. The Hall–Kier alpha value is -2.38. The van der Waals surface area contributed by atoms with E-state index in [-0.39, 0.29) is 16.8 Å². The summed E-state index contributed by atoms with van der Waals surface area (Å²) in [6, 6.07) is 12.7. The van der Waals surface area contributed by atoms with Crippen LogP contribution in [0.2, 0.25) is 0 Å². The molecule has 2 rings (SSSR count). The van der Waals surface area contributed by atoms with Crippen LogP contribution in [-0.2, 0) is 10.0 Å². The second-order valence-corrected chi connectivity index (χ2v) is 7.36. The number of ether oxygens (including phenoxy) is 1. The summed E-state index contributed by atoms with van der Waals surface area (Å²) in [5.41, 5.74) is 0.963. The molecule has 134 valence electrons. The van der Waals surface area contributed by atoms with Crippen LogP contribution in [0.3, 0.4) is 0 Å². The van der Waals surface area contributed by atoms with Crippen LogP contribution >= 0.6 is 0 Å². The Kier molecular flexibility index (Phi) is 6.17. The van der Waals surface area contributed by atoms with Gasteiger partial charge in [0.05, 0.1) is 12.0 Å². The lowest BCUT2D eigenvalue weighted by Crippen LogP contribution is -2.31. The van der Waals surface area contributed by atoms with Gasteiger partial charge in [-0.2, -0.15) is 0 Å². The van der Waals surface area contributed by atoms with E-state index in [1.807, 2.05) is 6.92 Å². The molecule has 2 aromatic carbocycles. The molecule has 0 aliphatic heterocycles. The molecule has 0 radical (unpaired) electrons. The van der Waals surface area contributed by atoms with E-state index in [9.17, 15) is 13.2 Å². The van der Waals surface area contributed by atoms with Crippen molar-refractivity contribution >= 4 is 21.6 Å². The Morgan fingerprint density at radius 2 is 1.84 bits per heavy atom. The molecule has 0 bridgehead atoms. The summed E-state index contributed by atoms with van der Waals surface area (Å²) in [5.74, 6) is 0.289. The number of hydrogen-bond acceptors (Lipinski definition) is 4. The number of sulfonamides is 1. The standard InChI is InChI=1S/C18H22N2O4S/c1-4-13(2)20-25(22,23)17-10-8-15(9-11-17)19-18(21)14-6-5-7-16(12-14)24-3/h5-13,20H,4H2,1-3H3,(H,19,21). The highest BCUT2D eigenvalue weighted by Crippen LogP contribution is 2.17. The summed E-state index contributed by atoms with van der Waals surface area (Å²) in [6.07, 6.45) is 0.702. The van der Waals surface area contributed by atoms with E-state index in [2.05, 4.69) is 10.0 Å². The Morgan fingerprint density at radius 1 is 1.16 bits per heavy atom. The average Bonchev–Trinajstić information content (AvgIpc) is 2.61. The van der Waals surface area contributed by atoms with Crippen LogP contribution in [0.15, 0.2) is 53.4 Å². The van der Waals surface area contributed by atoms with Crippen LogP contribution in [0.1, 0.15) is 30.6 Å². The van der Waals surface area contributed by atoms with Crippen molar-refractivity contribution in [2.75, 3.05) is 12.4 Å². The second kappa shape index (κ2) is 8.13. The third-order valence-electron chi connectivity index (χ3n) is 3.72. The first-order valence-electron chi connectivity index (χ1n) is 7.93. The summed E-state index contributed by atoms with van der Waals surface area (Å²) in [7, 11) is -2.03. The Bertz CT molecular complexity index is 832. The van der Waals surface area contributed by atoms with Crippen molar-refractivity contribution in [2.24, 2.45) is 0 Å². The first kappa shape index (κ1) is 19.0. The lowest BCUT2D eigenvalue weighted by Gasteiger charge is -2.12. The number of hydrogen-bond donors (Lipinski definition) is 2. The number of carbonyl (C=O) groups excluding carboxylic acids is 1. The molecule has 2 aromatic rings. The van der Waals surface area contributed by atoms with Crippen LogP contribution in [-0.4, -0.2) is 27.5 Å². The van der Waals surface area contributed by atoms with Crippen molar-refractivity contribution in [3.05, 3.63) is 54.1 Å². The molecule has 0 saturated carbocycles. The van der Waals surface area contributed by atoms with Crippen molar-refractivity contribution in [3.63, 3.8) is 0 Å². The highest BCUT2D eigenvalue weighted by molar-refractivity contribution is 7.89. The van der Waals surface area contributed by atoms with Gasteiger partial charge in [0.25, 0.3) is 5.91 Å². The van der Waals surface area contributed by atoms with Gasteiger partial charge >= 0.3 is 0 Å². The topological polar surface area (TPSA) is 84.5 Å². The van der Waals surface area contributed by atoms with Crippen LogP contribution in [0.4, 0.5) is 5.69 Å². The van der Waals surface area contributed by atoms with E-state index in [0.717, 1.165) is 0 Å². The first-order chi connectivity index (χ1) is 11.9. The highest BCUT2D eigenvalue weighted by Gasteiger charge is 2.16. The summed E-state index contributed by atoms with van der Waals surface area (Å²) < 4.78 is 32.1. The molecule has 1 amide bonds. The molecule has 0 spiro atoms. The molecule has 0 aliphatic rings. The summed E-state index contributed by atoms with van der Waals surface area (Å²) in [4.78, 5) is 12.4. The van der Waals surface area contributed by atoms with Gasteiger partial charge < -0.3 is 10.1 Å². The molecule has 6 nitrogen and oxygen atoms in total. The zero-order valence-electron chi connectivity index (χ0n) is 14.4. The summed E-state index contributed by atoms with van der Waals surface area (Å²) in [5, 5.41) is 2.73. The normalized spacial score (nSPS) is 12.4. The quantitative estimate of drug-likeness (QED) is 0.793. The third kappa shape index (κ3) is 5.04. The largest absolute Gasteiger partial charge is 0.497 e. The molecular formula is C18H22N2O4S. The van der Waals surface area contributed by atoms with Crippen LogP contribution in [0.5, 0.6) is 5.75 Å². The predicted molar refractivity (Wildman–Crippen MR) is 97.5 cm³/mol. The number of carbonyl (C=O) groups is 1. The van der Waals surface area contributed by atoms with Gasteiger partial charge in [0.15, 0.2) is 0 Å². The third-order valence-corrected chi connectivity index (χ3v) is 5.33. The van der Waals surface area contributed by atoms with E-state index in [4.69, 9.17) is 4.74 Å². The Balaban J connectivity index is 2.11. The van der Waals surface area contributed by atoms with Gasteiger partial charge in [-0.3, -0.25) is 4.79 Å². The zero-order chi connectivity index (χ0) is 18.4. The molecule has 0 saturated heterocycles. The van der Waals surface area contributed by atoms with Gasteiger partial charge in [-0.25, -0.2) is 13.1 Å². The van der Waals surface area contributed by atoms with Crippen molar-refractivity contribution < 1.29 is 17.9 Å². The monoisotopic (exact) mass is 362 g/mol. The molecule has 7 heteroatoms. The minimum atomic E-state index is -3.56.